The fourth-order valence-corrected chi connectivity index (χ4v) is 3.09. The Morgan fingerprint density at radius 2 is 1.74 bits per heavy atom. The number of hydrogen-bond donors (Lipinski definition) is 2. The van der Waals surface area contributed by atoms with Crippen LogP contribution in [0.3, 0.4) is 0 Å². The van der Waals surface area contributed by atoms with Crippen LogP contribution in [-0.4, -0.2) is 31.1 Å². The van der Waals surface area contributed by atoms with Crippen LogP contribution >= 0.6 is 0 Å². The summed E-state index contributed by atoms with van der Waals surface area (Å²) in [5.74, 6) is -2.44. The number of fused-ring (bicyclic) bond motifs is 1. The number of nitrogens with two attached hydrogens (primary N) is 1. The minimum absolute atomic E-state index is 0.102. The number of nitrogens with zero attached hydrogens (tertiary/aromatic N) is 4. The van der Waals surface area contributed by atoms with E-state index in [1.54, 1.807) is 42.6 Å². The van der Waals surface area contributed by atoms with Crippen molar-refractivity contribution in [1.82, 2.24) is 19.3 Å². The maximum Gasteiger partial charge on any atom is 0.449 e. The van der Waals surface area contributed by atoms with E-state index in [1.165, 1.54) is 22.9 Å². The van der Waals surface area contributed by atoms with Gasteiger partial charge in [-0.25, -0.2) is 9.67 Å². The van der Waals surface area contributed by atoms with E-state index in [1.807, 2.05) is 0 Å². The average Bonchev–Trinajstić information content (AvgIpc) is 3.34. The van der Waals surface area contributed by atoms with Crippen molar-refractivity contribution in [3.05, 3.63) is 72.3 Å². The van der Waals surface area contributed by atoms with Gasteiger partial charge in [0.15, 0.2) is 0 Å². The molecule has 0 unspecified atom stereocenters. The summed E-state index contributed by atoms with van der Waals surface area (Å²) in [6, 6.07) is 13.9. The Bertz CT molecular complexity index is 1270. The van der Waals surface area contributed by atoms with Crippen molar-refractivity contribution in [1.29, 1.82) is 0 Å². The zero-order valence-corrected chi connectivity index (χ0v) is 15.8. The van der Waals surface area contributed by atoms with Crippen molar-refractivity contribution in [2.75, 3.05) is 5.32 Å². The highest BCUT2D eigenvalue weighted by Crippen LogP contribution is 2.31. The van der Waals surface area contributed by atoms with Crippen molar-refractivity contribution in [2.45, 2.75) is 12.7 Å². The number of hydrogen-bond acceptors (Lipinski definition) is 4. The van der Waals surface area contributed by atoms with Crippen LogP contribution in [0.25, 0.3) is 16.7 Å². The summed E-state index contributed by atoms with van der Waals surface area (Å²) in [6.45, 7) is -0.557. The van der Waals surface area contributed by atoms with E-state index in [4.69, 9.17) is 5.73 Å². The van der Waals surface area contributed by atoms with E-state index >= 15 is 0 Å². The van der Waals surface area contributed by atoms with E-state index in [2.05, 4.69) is 15.4 Å². The van der Waals surface area contributed by atoms with Gasteiger partial charge in [0.05, 0.1) is 16.7 Å². The molecule has 2 heterocycles. The normalized spacial score (nSPS) is 11.6. The molecule has 2 aromatic carbocycles. The van der Waals surface area contributed by atoms with Gasteiger partial charge in [-0.15, -0.1) is 0 Å². The molecule has 4 aromatic rings. The molecule has 0 atom stereocenters. The molecule has 0 aliphatic heterocycles. The molecule has 0 saturated heterocycles. The molecule has 0 aliphatic carbocycles. The number of nitrogens with one attached hydrogen (secondary N) is 1. The lowest BCUT2D eigenvalue weighted by Gasteiger charge is -2.12. The van der Waals surface area contributed by atoms with E-state index in [9.17, 15) is 22.8 Å². The number of imidazole rings is 1. The van der Waals surface area contributed by atoms with Gasteiger partial charge >= 0.3 is 6.18 Å². The summed E-state index contributed by atoms with van der Waals surface area (Å²) < 4.78 is 42.4. The molecule has 0 fully saturated rings. The molecule has 0 radical (unpaired) electrons. The van der Waals surface area contributed by atoms with Crippen LogP contribution in [0.4, 0.5) is 18.9 Å². The first kappa shape index (κ1) is 20.1. The minimum Gasteiger partial charge on any atom is -0.364 e. The van der Waals surface area contributed by atoms with E-state index in [0.717, 1.165) is 4.57 Å². The first-order chi connectivity index (χ1) is 14.7. The summed E-state index contributed by atoms with van der Waals surface area (Å²) in [5, 5.41) is 6.59. The number of carbonyl (C=O) groups excluding carboxylic acids is 2. The Balaban J connectivity index is 1.52. The summed E-state index contributed by atoms with van der Waals surface area (Å²) >= 11 is 0. The Labute approximate surface area is 173 Å². The van der Waals surface area contributed by atoms with Crippen molar-refractivity contribution >= 4 is 28.5 Å². The SMILES string of the molecule is NC(=O)c1ccn(-c2ccc(NC(=O)Cn3c(C(F)(F)F)nc4ccccc43)cc2)n1. The molecule has 2 amide bonds. The summed E-state index contributed by atoms with van der Waals surface area (Å²) in [4.78, 5) is 27.2. The van der Waals surface area contributed by atoms with Crippen LogP contribution in [0.1, 0.15) is 16.3 Å². The largest absolute Gasteiger partial charge is 0.449 e. The van der Waals surface area contributed by atoms with Gasteiger partial charge in [-0.05, 0) is 42.5 Å². The van der Waals surface area contributed by atoms with E-state index in [-0.39, 0.29) is 16.7 Å². The number of benzene rings is 2. The van der Waals surface area contributed by atoms with Crippen molar-refractivity contribution in [3.8, 4) is 5.69 Å². The lowest BCUT2D eigenvalue weighted by Crippen LogP contribution is -2.23. The van der Waals surface area contributed by atoms with Crippen LogP contribution in [-0.2, 0) is 17.5 Å². The Kier molecular flexibility index (Phi) is 4.93. The Hall–Kier alpha value is -4.15. The fourth-order valence-electron chi connectivity index (χ4n) is 3.09. The number of anilines is 1. The van der Waals surface area contributed by atoms with Crippen LogP contribution in [0.2, 0.25) is 0 Å². The van der Waals surface area contributed by atoms with Gasteiger partial charge in [0.1, 0.15) is 12.2 Å². The molecular formula is C20H15F3N6O2. The number of rotatable bonds is 5. The molecule has 0 bridgehead atoms. The summed E-state index contributed by atoms with van der Waals surface area (Å²) in [6.07, 6.45) is -3.15. The predicted molar refractivity (Wildman–Crippen MR) is 105 cm³/mol. The highest BCUT2D eigenvalue weighted by Gasteiger charge is 2.38. The zero-order valence-electron chi connectivity index (χ0n) is 15.8. The van der Waals surface area contributed by atoms with E-state index < -0.39 is 30.4 Å². The first-order valence-corrected chi connectivity index (χ1v) is 9.00. The molecule has 2 aromatic heterocycles. The molecule has 0 spiro atoms. The molecule has 158 valence electrons. The van der Waals surface area contributed by atoms with Gasteiger partial charge in [0.25, 0.3) is 5.91 Å². The topological polar surface area (TPSA) is 108 Å². The third-order valence-electron chi connectivity index (χ3n) is 4.47. The van der Waals surface area contributed by atoms with Gasteiger partial charge in [0, 0.05) is 11.9 Å². The first-order valence-electron chi connectivity index (χ1n) is 9.00. The second-order valence-electron chi connectivity index (χ2n) is 6.61. The number of aromatic nitrogens is 4. The number of halogens is 3. The van der Waals surface area contributed by atoms with Crippen LogP contribution in [0.15, 0.2) is 60.8 Å². The van der Waals surface area contributed by atoms with E-state index in [0.29, 0.717) is 11.4 Å². The Morgan fingerprint density at radius 1 is 1.03 bits per heavy atom. The highest BCUT2D eigenvalue weighted by molar-refractivity contribution is 5.92. The molecule has 0 saturated carbocycles. The number of primary amides is 1. The quantitative estimate of drug-likeness (QED) is 0.510. The maximum atomic E-state index is 13.4. The molecule has 8 nitrogen and oxygen atoms in total. The Morgan fingerprint density at radius 3 is 2.39 bits per heavy atom. The standard InChI is InChI=1S/C20H15F3N6O2/c21-20(22,23)19-26-14-3-1-2-4-16(14)28(19)11-17(30)25-12-5-7-13(8-6-12)29-10-9-15(27-29)18(24)31/h1-10H,11H2,(H2,24,31)(H,25,30). The molecule has 0 aliphatic rings. The molecule has 4 rings (SSSR count). The second-order valence-corrected chi connectivity index (χ2v) is 6.61. The van der Waals surface area contributed by atoms with Crippen LogP contribution < -0.4 is 11.1 Å². The maximum absolute atomic E-state index is 13.4. The predicted octanol–water partition coefficient (Wildman–Crippen LogP) is 2.98. The summed E-state index contributed by atoms with van der Waals surface area (Å²) in [5.41, 5.74) is 6.63. The lowest BCUT2D eigenvalue weighted by atomic mass is 10.2. The lowest BCUT2D eigenvalue weighted by molar-refractivity contribution is -0.147. The van der Waals surface area contributed by atoms with Crippen molar-refractivity contribution < 1.29 is 22.8 Å². The van der Waals surface area contributed by atoms with Gasteiger partial charge in [-0.3, -0.25) is 9.59 Å². The number of para-hydroxylation sites is 2. The van der Waals surface area contributed by atoms with Gasteiger partial charge in [-0.2, -0.15) is 18.3 Å². The van der Waals surface area contributed by atoms with Gasteiger partial charge in [-0.1, -0.05) is 12.1 Å². The third-order valence-corrected chi connectivity index (χ3v) is 4.47. The monoisotopic (exact) mass is 428 g/mol. The van der Waals surface area contributed by atoms with Crippen molar-refractivity contribution in [3.63, 3.8) is 0 Å². The second kappa shape index (κ2) is 7.59. The number of amides is 2. The van der Waals surface area contributed by atoms with Crippen LogP contribution in [0.5, 0.6) is 0 Å². The third kappa shape index (κ3) is 4.10. The van der Waals surface area contributed by atoms with Crippen molar-refractivity contribution in [2.24, 2.45) is 5.73 Å². The van der Waals surface area contributed by atoms with Gasteiger partial charge < -0.3 is 15.6 Å². The molecular weight excluding hydrogens is 413 g/mol. The molecule has 31 heavy (non-hydrogen) atoms. The average molecular weight is 428 g/mol. The zero-order chi connectivity index (χ0) is 22.2. The van der Waals surface area contributed by atoms with Gasteiger partial charge in [0.2, 0.25) is 11.7 Å². The minimum atomic E-state index is -4.70. The summed E-state index contributed by atoms with van der Waals surface area (Å²) in [7, 11) is 0. The number of alkyl halides is 3. The fraction of sp³-hybridized carbons (Fsp3) is 0.100. The van der Waals surface area contributed by atoms with Crippen LogP contribution in [0, 0.1) is 0 Å². The number of carbonyl (C=O) groups is 2. The molecule has 3 N–H and O–H groups in total. The molecule has 11 heteroatoms. The smallest absolute Gasteiger partial charge is 0.364 e. The highest BCUT2D eigenvalue weighted by atomic mass is 19.4.